The molecule has 20 heavy (non-hydrogen) atoms. The second kappa shape index (κ2) is 6.85. The van der Waals surface area contributed by atoms with Crippen molar-refractivity contribution >= 4 is 34.2 Å². The topological polar surface area (TPSA) is 78.0 Å². The Kier molecular flexibility index (Phi) is 5.13. The number of anilines is 1. The summed E-state index contributed by atoms with van der Waals surface area (Å²) in [6, 6.07) is 7.66. The molecule has 106 valence electrons. The van der Waals surface area contributed by atoms with E-state index in [1.165, 1.54) is 0 Å². The third-order valence-electron chi connectivity index (χ3n) is 2.94. The van der Waals surface area contributed by atoms with Crippen LogP contribution >= 0.6 is 22.6 Å². The van der Waals surface area contributed by atoms with Crippen LogP contribution in [-0.4, -0.2) is 27.8 Å². The quantitative estimate of drug-likeness (QED) is 0.693. The lowest BCUT2D eigenvalue weighted by Crippen LogP contribution is -2.13. The normalized spacial score (nSPS) is 10.6. The van der Waals surface area contributed by atoms with E-state index in [1.807, 2.05) is 53.8 Å². The van der Waals surface area contributed by atoms with E-state index in [0.29, 0.717) is 9.26 Å². The molecule has 0 bridgehead atoms. The first-order valence-electron chi connectivity index (χ1n) is 6.33. The number of carbonyl (C=O) groups excluding carboxylic acids is 1. The number of amides is 1. The van der Waals surface area contributed by atoms with Gasteiger partial charge in [-0.15, -0.1) is 0 Å². The molecule has 0 saturated heterocycles. The molecular weight excluding hydrogens is 369 g/mol. The minimum Gasteiger partial charge on any atom is -0.396 e. The van der Waals surface area contributed by atoms with E-state index in [0.717, 1.165) is 29.8 Å². The van der Waals surface area contributed by atoms with E-state index in [-0.39, 0.29) is 12.5 Å². The Morgan fingerprint density at radius 2 is 2.30 bits per heavy atom. The van der Waals surface area contributed by atoms with Crippen molar-refractivity contribution < 1.29 is 9.90 Å². The van der Waals surface area contributed by atoms with E-state index in [9.17, 15) is 4.79 Å². The summed E-state index contributed by atoms with van der Waals surface area (Å²) in [6.45, 7) is 1.99. The number of hydrogen-bond acceptors (Lipinski definition) is 3. The number of aryl methyl sites for hydroxylation is 2. The van der Waals surface area contributed by atoms with Crippen LogP contribution in [0.3, 0.4) is 0 Å². The predicted molar refractivity (Wildman–Crippen MR) is 85.8 cm³/mol. The zero-order valence-electron chi connectivity index (χ0n) is 11.1. The van der Waals surface area contributed by atoms with Crippen LogP contribution in [-0.2, 0) is 6.42 Å². The number of aromatic nitrogens is 2. The molecule has 0 aliphatic heterocycles. The summed E-state index contributed by atoms with van der Waals surface area (Å²) < 4.78 is 0.661. The Balaban J connectivity index is 2.12. The van der Waals surface area contributed by atoms with Gasteiger partial charge in [0.15, 0.2) is 0 Å². The zero-order chi connectivity index (χ0) is 14.5. The van der Waals surface area contributed by atoms with Crippen molar-refractivity contribution in [3.63, 3.8) is 0 Å². The van der Waals surface area contributed by atoms with Crippen molar-refractivity contribution in [3.8, 4) is 0 Å². The van der Waals surface area contributed by atoms with Crippen LogP contribution in [0.1, 0.15) is 28.0 Å². The van der Waals surface area contributed by atoms with Crippen molar-refractivity contribution in [1.82, 2.24) is 10.2 Å². The molecule has 0 aliphatic rings. The Morgan fingerprint density at radius 1 is 1.50 bits per heavy atom. The molecule has 0 fully saturated rings. The van der Waals surface area contributed by atoms with Crippen molar-refractivity contribution in [2.45, 2.75) is 19.8 Å². The van der Waals surface area contributed by atoms with Crippen molar-refractivity contribution in [2.24, 2.45) is 0 Å². The Morgan fingerprint density at radius 3 is 2.95 bits per heavy atom. The number of aromatic amines is 1. The number of hydrogen-bond donors (Lipinski definition) is 3. The highest BCUT2D eigenvalue weighted by Crippen LogP contribution is 2.17. The highest BCUT2D eigenvalue weighted by Gasteiger charge is 2.16. The summed E-state index contributed by atoms with van der Waals surface area (Å²) in [7, 11) is 0. The Labute approximate surface area is 130 Å². The van der Waals surface area contributed by atoms with Gasteiger partial charge in [-0.25, -0.2) is 0 Å². The molecule has 0 unspecified atom stereocenters. The highest BCUT2D eigenvalue weighted by atomic mass is 127. The largest absolute Gasteiger partial charge is 0.396 e. The van der Waals surface area contributed by atoms with Gasteiger partial charge in [0.25, 0.3) is 5.91 Å². The van der Waals surface area contributed by atoms with E-state index in [4.69, 9.17) is 5.11 Å². The minimum atomic E-state index is -0.167. The van der Waals surface area contributed by atoms with E-state index in [1.54, 1.807) is 0 Å². The molecule has 5 nitrogen and oxygen atoms in total. The summed E-state index contributed by atoms with van der Waals surface area (Å²) in [4.78, 5) is 12.2. The van der Waals surface area contributed by atoms with E-state index >= 15 is 0 Å². The van der Waals surface area contributed by atoms with Gasteiger partial charge in [0.2, 0.25) is 0 Å². The second-order valence-electron chi connectivity index (χ2n) is 4.50. The molecule has 2 rings (SSSR count). The SMILES string of the molecule is Cc1[nH]nc(I)c1C(=O)Nc1cccc(CCCO)c1. The average molecular weight is 385 g/mol. The monoisotopic (exact) mass is 385 g/mol. The minimum absolute atomic E-state index is 0.167. The molecule has 0 spiro atoms. The average Bonchev–Trinajstić information content (AvgIpc) is 2.76. The third-order valence-corrected chi connectivity index (χ3v) is 3.72. The lowest BCUT2D eigenvalue weighted by Gasteiger charge is -2.07. The van der Waals surface area contributed by atoms with Crippen LogP contribution in [0, 0.1) is 10.6 Å². The number of aliphatic hydroxyl groups is 1. The summed E-state index contributed by atoms with van der Waals surface area (Å²) in [5, 5.41) is 18.5. The number of aliphatic hydroxyl groups excluding tert-OH is 1. The number of benzene rings is 1. The van der Waals surface area contributed by atoms with Gasteiger partial charge in [-0.2, -0.15) is 5.10 Å². The summed E-state index contributed by atoms with van der Waals surface area (Å²) in [6.07, 6.45) is 1.51. The van der Waals surface area contributed by atoms with E-state index in [2.05, 4.69) is 15.5 Å². The Hall–Kier alpha value is -1.41. The van der Waals surface area contributed by atoms with Crippen molar-refractivity contribution in [1.29, 1.82) is 0 Å². The summed E-state index contributed by atoms with van der Waals surface area (Å²) >= 11 is 2.03. The molecule has 6 heteroatoms. The standard InChI is InChI=1S/C14H16IN3O2/c1-9-12(13(15)18-17-9)14(20)16-11-6-2-4-10(8-11)5-3-7-19/h2,4,6,8,19H,3,5,7H2,1H3,(H,16,20)(H,17,18). The van der Waals surface area contributed by atoms with Crippen molar-refractivity contribution in [2.75, 3.05) is 11.9 Å². The summed E-state index contributed by atoms with van der Waals surface area (Å²) in [5.74, 6) is -0.167. The maximum Gasteiger partial charge on any atom is 0.260 e. The van der Waals surface area contributed by atoms with Gasteiger partial charge in [0, 0.05) is 18.0 Å². The maximum absolute atomic E-state index is 12.2. The Bertz CT molecular complexity index is 591. The van der Waals surface area contributed by atoms with Crippen LogP contribution in [0.4, 0.5) is 5.69 Å². The molecular formula is C14H16IN3O2. The van der Waals surface area contributed by atoms with Crippen LogP contribution in [0.2, 0.25) is 0 Å². The lowest BCUT2D eigenvalue weighted by atomic mass is 10.1. The predicted octanol–water partition coefficient (Wildman–Crippen LogP) is 2.50. The van der Waals surface area contributed by atoms with Gasteiger partial charge < -0.3 is 10.4 Å². The van der Waals surface area contributed by atoms with Gasteiger partial charge in [-0.1, -0.05) is 12.1 Å². The zero-order valence-corrected chi connectivity index (χ0v) is 13.3. The highest BCUT2D eigenvalue weighted by molar-refractivity contribution is 14.1. The fourth-order valence-corrected chi connectivity index (χ4v) is 2.71. The number of rotatable bonds is 5. The van der Waals surface area contributed by atoms with Crippen LogP contribution in [0.25, 0.3) is 0 Å². The molecule has 0 radical (unpaired) electrons. The molecule has 0 atom stereocenters. The van der Waals surface area contributed by atoms with Gasteiger partial charge in [-0.05, 0) is 60.1 Å². The fourth-order valence-electron chi connectivity index (χ4n) is 1.94. The van der Waals surface area contributed by atoms with Crippen LogP contribution in [0.15, 0.2) is 24.3 Å². The lowest BCUT2D eigenvalue weighted by molar-refractivity contribution is 0.102. The molecule has 1 heterocycles. The molecule has 1 amide bonds. The number of halogens is 1. The first-order valence-corrected chi connectivity index (χ1v) is 7.41. The van der Waals surface area contributed by atoms with Gasteiger partial charge in [0.05, 0.1) is 5.56 Å². The van der Waals surface area contributed by atoms with Gasteiger partial charge >= 0.3 is 0 Å². The van der Waals surface area contributed by atoms with E-state index < -0.39 is 0 Å². The smallest absolute Gasteiger partial charge is 0.260 e. The number of nitrogens with zero attached hydrogens (tertiary/aromatic N) is 1. The maximum atomic E-state index is 12.2. The number of H-pyrrole nitrogens is 1. The van der Waals surface area contributed by atoms with Gasteiger partial charge in [-0.3, -0.25) is 9.89 Å². The van der Waals surface area contributed by atoms with Crippen molar-refractivity contribution in [3.05, 3.63) is 44.8 Å². The molecule has 2 aromatic rings. The second-order valence-corrected chi connectivity index (χ2v) is 5.52. The first-order chi connectivity index (χ1) is 9.61. The first kappa shape index (κ1) is 15.0. The van der Waals surface area contributed by atoms with Crippen LogP contribution in [0.5, 0.6) is 0 Å². The molecule has 3 N–H and O–H groups in total. The molecule has 0 aliphatic carbocycles. The fraction of sp³-hybridized carbons (Fsp3) is 0.286. The number of carbonyl (C=O) groups is 1. The molecule has 1 aromatic heterocycles. The number of nitrogens with one attached hydrogen (secondary N) is 2. The molecule has 0 saturated carbocycles. The third kappa shape index (κ3) is 3.57. The van der Waals surface area contributed by atoms with Crippen LogP contribution < -0.4 is 5.32 Å². The van der Waals surface area contributed by atoms with Gasteiger partial charge in [0.1, 0.15) is 3.70 Å². The molecule has 1 aromatic carbocycles. The summed E-state index contributed by atoms with van der Waals surface area (Å²) in [5.41, 5.74) is 3.17.